The van der Waals surface area contributed by atoms with E-state index in [0.717, 1.165) is 0 Å². The monoisotopic (exact) mass is 667 g/mol. The highest BCUT2D eigenvalue weighted by Gasteiger charge is 2.23. The molecule has 3 aromatic heterocycles. The summed E-state index contributed by atoms with van der Waals surface area (Å²) in [5, 5.41) is 7.37. The summed E-state index contributed by atoms with van der Waals surface area (Å²) in [6.07, 6.45) is 3.13. The first-order valence-electron chi connectivity index (χ1n) is 9.47. The van der Waals surface area contributed by atoms with Crippen molar-refractivity contribution in [3.05, 3.63) is 90.8 Å². The number of hydrogen-bond acceptors (Lipinski definition) is 6. The van der Waals surface area contributed by atoms with Crippen molar-refractivity contribution in [1.29, 1.82) is 0 Å². The van der Waals surface area contributed by atoms with Crippen LogP contribution in [0.15, 0.2) is 74.5 Å². The lowest BCUT2D eigenvalue weighted by molar-refractivity contribution is 0.0963. The zero-order valence-electron chi connectivity index (χ0n) is 16.9. The van der Waals surface area contributed by atoms with E-state index in [1.54, 1.807) is 54.9 Å². The Bertz CT molecular complexity index is 1380. The highest BCUT2D eigenvalue weighted by Crippen LogP contribution is 2.32. The second-order valence-corrected chi connectivity index (χ2v) is 9.62. The number of rotatable bonds is 6. The molecule has 0 aliphatic rings. The second kappa shape index (κ2) is 10.6. The van der Waals surface area contributed by atoms with Crippen molar-refractivity contribution in [2.75, 3.05) is 10.7 Å². The summed E-state index contributed by atoms with van der Waals surface area (Å²) in [6.45, 7) is 0. The molecule has 4 aromatic rings. The third-order valence-corrected chi connectivity index (χ3v) is 6.12. The van der Waals surface area contributed by atoms with E-state index in [4.69, 9.17) is 11.6 Å². The van der Waals surface area contributed by atoms with Gasteiger partial charge in [-0.2, -0.15) is 5.10 Å². The van der Waals surface area contributed by atoms with Crippen LogP contribution in [0.3, 0.4) is 0 Å². The molecule has 0 bridgehead atoms. The first-order chi connectivity index (χ1) is 16.3. The Balaban J connectivity index is 1.64. The van der Waals surface area contributed by atoms with Crippen LogP contribution >= 0.6 is 59.4 Å². The van der Waals surface area contributed by atoms with Gasteiger partial charge in [0.1, 0.15) is 16.1 Å². The van der Waals surface area contributed by atoms with Gasteiger partial charge >= 0.3 is 0 Å². The Hall–Kier alpha value is -2.80. The van der Waals surface area contributed by atoms with Crippen LogP contribution in [0.2, 0.25) is 5.02 Å². The molecule has 4 rings (SSSR count). The quantitative estimate of drug-likeness (QED) is 0.230. The van der Waals surface area contributed by atoms with Crippen LogP contribution in [-0.4, -0.2) is 31.6 Å². The van der Waals surface area contributed by atoms with Gasteiger partial charge in [-0.1, -0.05) is 33.6 Å². The highest BCUT2D eigenvalue weighted by molar-refractivity contribution is 9.11. The zero-order valence-corrected chi connectivity index (χ0v) is 22.4. The minimum absolute atomic E-state index is 0.153. The number of amides is 2. The molecule has 2 amide bonds. The number of halogens is 4. The summed E-state index contributed by atoms with van der Waals surface area (Å²) < 4.78 is 2.84. The van der Waals surface area contributed by atoms with Gasteiger partial charge < -0.3 is 5.32 Å². The zero-order chi connectivity index (χ0) is 24.2. The number of nitrogens with zero attached hydrogens (tertiary/aromatic N) is 4. The molecule has 0 radical (unpaired) electrons. The Morgan fingerprint density at radius 2 is 1.74 bits per heavy atom. The van der Waals surface area contributed by atoms with Crippen LogP contribution in [0, 0.1) is 0 Å². The molecule has 3 N–H and O–H groups in total. The van der Waals surface area contributed by atoms with Crippen LogP contribution in [0.1, 0.15) is 20.8 Å². The standard InChI is InChI=1S/C21H13Br3ClN7O2/c22-11-8-12(20(33)30-29-17-5-1-2-6-26-17)18(13(23)9-11)28-21(34)15-10-16(24)31-32(15)19-14(25)4-3-7-27-19/h1-10H,(H,26,29)(H,28,34)(H,30,33). The molecule has 0 fully saturated rings. The van der Waals surface area contributed by atoms with Crippen molar-refractivity contribution in [2.45, 2.75) is 0 Å². The molecular weight excluding hydrogens is 657 g/mol. The maximum absolute atomic E-state index is 13.3. The Morgan fingerprint density at radius 1 is 0.941 bits per heavy atom. The molecule has 0 spiro atoms. The largest absolute Gasteiger partial charge is 0.319 e. The molecule has 3 heterocycles. The highest BCUT2D eigenvalue weighted by atomic mass is 79.9. The van der Waals surface area contributed by atoms with E-state index in [1.807, 2.05) is 0 Å². The van der Waals surface area contributed by atoms with E-state index in [0.29, 0.717) is 24.4 Å². The maximum Gasteiger partial charge on any atom is 0.274 e. The van der Waals surface area contributed by atoms with Gasteiger partial charge in [0.2, 0.25) is 0 Å². The lowest BCUT2D eigenvalue weighted by atomic mass is 10.1. The van der Waals surface area contributed by atoms with Gasteiger partial charge in [-0.3, -0.25) is 20.4 Å². The molecule has 172 valence electrons. The number of anilines is 2. The number of carbonyl (C=O) groups is 2. The molecule has 13 heteroatoms. The minimum atomic E-state index is -0.533. The average molecular weight is 671 g/mol. The van der Waals surface area contributed by atoms with Crippen molar-refractivity contribution in [2.24, 2.45) is 0 Å². The van der Waals surface area contributed by atoms with E-state index in [9.17, 15) is 9.59 Å². The lowest BCUT2D eigenvalue weighted by Gasteiger charge is -2.15. The van der Waals surface area contributed by atoms with Crippen LogP contribution in [0.4, 0.5) is 11.5 Å². The van der Waals surface area contributed by atoms with Gasteiger partial charge in [-0.25, -0.2) is 14.6 Å². The number of hydrazine groups is 1. The first kappa shape index (κ1) is 24.3. The fourth-order valence-corrected chi connectivity index (χ4v) is 4.79. The molecule has 1 aromatic carbocycles. The molecule has 0 aliphatic heterocycles. The number of benzene rings is 1. The third-order valence-electron chi connectivity index (χ3n) is 4.36. The predicted octanol–water partition coefficient (Wildman–Crippen LogP) is 5.61. The van der Waals surface area contributed by atoms with Gasteiger partial charge in [0.25, 0.3) is 11.8 Å². The van der Waals surface area contributed by atoms with Crippen molar-refractivity contribution in [1.82, 2.24) is 25.2 Å². The van der Waals surface area contributed by atoms with Crippen molar-refractivity contribution in [3.8, 4) is 5.82 Å². The van der Waals surface area contributed by atoms with Crippen LogP contribution < -0.4 is 16.2 Å². The summed E-state index contributed by atoms with van der Waals surface area (Å²) in [5.74, 6) is -0.288. The minimum Gasteiger partial charge on any atom is -0.319 e. The predicted molar refractivity (Wildman–Crippen MR) is 139 cm³/mol. The second-order valence-electron chi connectivity index (χ2n) is 6.63. The lowest BCUT2D eigenvalue weighted by Crippen LogP contribution is -2.31. The van der Waals surface area contributed by atoms with E-state index in [1.165, 1.54) is 10.7 Å². The Kier molecular flexibility index (Phi) is 7.61. The van der Waals surface area contributed by atoms with Gasteiger partial charge in [0.05, 0.1) is 16.3 Å². The number of nitrogens with one attached hydrogen (secondary N) is 3. The molecule has 0 unspecified atom stereocenters. The summed E-state index contributed by atoms with van der Waals surface area (Å²) in [7, 11) is 0. The molecule has 0 atom stereocenters. The van der Waals surface area contributed by atoms with Crippen molar-refractivity contribution in [3.63, 3.8) is 0 Å². The number of pyridine rings is 2. The molecule has 0 saturated carbocycles. The fraction of sp³-hybridized carbons (Fsp3) is 0. The summed E-state index contributed by atoms with van der Waals surface area (Å²) in [6, 6.07) is 13.4. The Labute approximate surface area is 223 Å². The van der Waals surface area contributed by atoms with E-state index >= 15 is 0 Å². The SMILES string of the molecule is O=C(NNc1ccccn1)c1cc(Br)cc(Br)c1NC(=O)c1cc(Br)nn1-c1ncccc1Cl. The van der Waals surface area contributed by atoms with E-state index in [-0.39, 0.29) is 22.8 Å². The van der Waals surface area contributed by atoms with Gasteiger partial charge in [-0.15, -0.1) is 0 Å². The fourth-order valence-electron chi connectivity index (χ4n) is 2.89. The van der Waals surface area contributed by atoms with E-state index < -0.39 is 11.8 Å². The number of carbonyl (C=O) groups excluding carboxylic acids is 2. The third kappa shape index (κ3) is 5.46. The van der Waals surface area contributed by atoms with Crippen LogP contribution in [-0.2, 0) is 0 Å². The smallest absolute Gasteiger partial charge is 0.274 e. The normalized spacial score (nSPS) is 10.6. The van der Waals surface area contributed by atoms with Gasteiger partial charge in [0.15, 0.2) is 5.82 Å². The molecule has 34 heavy (non-hydrogen) atoms. The molecule has 0 aliphatic carbocycles. The number of hydrogen-bond donors (Lipinski definition) is 3. The van der Waals surface area contributed by atoms with Crippen molar-refractivity contribution < 1.29 is 9.59 Å². The van der Waals surface area contributed by atoms with Crippen LogP contribution in [0.25, 0.3) is 5.82 Å². The molecular formula is C21H13Br3ClN7O2. The van der Waals surface area contributed by atoms with Crippen LogP contribution in [0.5, 0.6) is 0 Å². The summed E-state index contributed by atoms with van der Waals surface area (Å²) >= 11 is 16.3. The van der Waals surface area contributed by atoms with Gasteiger partial charge in [0, 0.05) is 27.4 Å². The molecule has 9 nitrogen and oxygen atoms in total. The van der Waals surface area contributed by atoms with Crippen molar-refractivity contribution >= 4 is 82.7 Å². The maximum atomic E-state index is 13.3. The first-order valence-corrected chi connectivity index (χ1v) is 12.2. The summed E-state index contributed by atoms with van der Waals surface area (Å²) in [5.41, 5.74) is 5.91. The van der Waals surface area contributed by atoms with Gasteiger partial charge in [-0.05, 0) is 68.3 Å². The molecule has 0 saturated heterocycles. The Morgan fingerprint density at radius 3 is 2.47 bits per heavy atom. The topological polar surface area (TPSA) is 114 Å². The van der Waals surface area contributed by atoms with E-state index in [2.05, 4.69) is 79.0 Å². The number of aromatic nitrogens is 4. The average Bonchev–Trinajstić information content (AvgIpc) is 3.21. The summed E-state index contributed by atoms with van der Waals surface area (Å²) in [4.78, 5) is 34.5.